The van der Waals surface area contributed by atoms with Gasteiger partial charge in [0.25, 0.3) is 0 Å². The summed E-state index contributed by atoms with van der Waals surface area (Å²) in [4.78, 5) is 10.9. The molecule has 0 saturated carbocycles. The third-order valence-corrected chi connectivity index (χ3v) is 3.89. The number of anilines is 1. The zero-order valence-corrected chi connectivity index (χ0v) is 11.2. The van der Waals surface area contributed by atoms with Crippen molar-refractivity contribution in [1.29, 1.82) is 5.26 Å². The summed E-state index contributed by atoms with van der Waals surface area (Å²) in [6.07, 6.45) is 0. The van der Waals surface area contributed by atoms with E-state index in [-0.39, 0.29) is 0 Å². The number of nitrogens with zero attached hydrogens (tertiary/aromatic N) is 4. The van der Waals surface area contributed by atoms with Crippen molar-refractivity contribution in [3.05, 3.63) is 17.5 Å². The van der Waals surface area contributed by atoms with Crippen molar-refractivity contribution in [2.75, 3.05) is 18.0 Å². The van der Waals surface area contributed by atoms with Crippen molar-refractivity contribution in [3.63, 3.8) is 0 Å². The van der Waals surface area contributed by atoms with Crippen LogP contribution in [0.5, 0.6) is 0 Å². The van der Waals surface area contributed by atoms with Crippen LogP contribution in [0.3, 0.4) is 0 Å². The molecule has 2 unspecified atom stereocenters. The zero-order chi connectivity index (χ0) is 12.4. The van der Waals surface area contributed by atoms with Crippen LogP contribution >= 0.6 is 11.8 Å². The fourth-order valence-corrected chi connectivity index (χ4v) is 3.42. The zero-order valence-electron chi connectivity index (χ0n) is 10.3. The Labute approximate surface area is 106 Å². The largest absolute Gasteiger partial charge is 0.339 e. The van der Waals surface area contributed by atoms with Crippen LogP contribution in [-0.2, 0) is 0 Å². The molecule has 0 N–H and O–H groups in total. The number of hydrogen-bond donors (Lipinski definition) is 0. The van der Waals surface area contributed by atoms with Crippen LogP contribution in [0.15, 0.2) is 6.07 Å². The average molecular weight is 248 g/mol. The van der Waals surface area contributed by atoms with Crippen LogP contribution in [0.2, 0.25) is 0 Å². The van der Waals surface area contributed by atoms with Crippen molar-refractivity contribution in [1.82, 2.24) is 9.97 Å². The molecular weight excluding hydrogens is 232 g/mol. The molecule has 0 bridgehead atoms. The molecule has 1 aromatic heterocycles. The first kappa shape index (κ1) is 12.2. The van der Waals surface area contributed by atoms with E-state index in [4.69, 9.17) is 5.26 Å². The van der Waals surface area contributed by atoms with Crippen molar-refractivity contribution < 1.29 is 0 Å². The Hall–Kier alpha value is -1.28. The molecule has 1 aromatic rings. The lowest BCUT2D eigenvalue weighted by Crippen LogP contribution is -2.41. The number of thioether (sulfide) groups is 1. The summed E-state index contributed by atoms with van der Waals surface area (Å²) in [7, 11) is 0. The molecule has 1 fully saturated rings. The van der Waals surface area contributed by atoms with Crippen LogP contribution in [0, 0.1) is 18.3 Å². The van der Waals surface area contributed by atoms with Crippen LogP contribution in [0.25, 0.3) is 0 Å². The van der Waals surface area contributed by atoms with Gasteiger partial charge >= 0.3 is 0 Å². The van der Waals surface area contributed by atoms with Gasteiger partial charge < -0.3 is 4.90 Å². The van der Waals surface area contributed by atoms with E-state index in [9.17, 15) is 0 Å². The standard InChI is InChI=1S/C12H16N4S/c1-8-4-11(5-13)15-12(14-8)16-6-9(2)17-10(3)7-16/h4,9-10H,6-7H2,1-3H3. The third kappa shape index (κ3) is 2.89. The molecule has 1 aliphatic heterocycles. The highest BCUT2D eigenvalue weighted by atomic mass is 32.2. The minimum Gasteiger partial charge on any atom is -0.339 e. The monoisotopic (exact) mass is 248 g/mol. The summed E-state index contributed by atoms with van der Waals surface area (Å²) in [5.41, 5.74) is 1.30. The molecule has 0 aliphatic carbocycles. The van der Waals surface area contributed by atoms with E-state index in [1.807, 2.05) is 18.7 Å². The molecule has 2 rings (SSSR count). The van der Waals surface area contributed by atoms with Crippen molar-refractivity contribution >= 4 is 17.7 Å². The van der Waals surface area contributed by atoms with E-state index in [0.717, 1.165) is 18.8 Å². The first-order valence-corrected chi connectivity index (χ1v) is 6.69. The Morgan fingerprint density at radius 3 is 2.59 bits per heavy atom. The summed E-state index contributed by atoms with van der Waals surface area (Å²) < 4.78 is 0. The minimum absolute atomic E-state index is 0.450. The smallest absolute Gasteiger partial charge is 0.226 e. The van der Waals surface area contributed by atoms with E-state index >= 15 is 0 Å². The predicted octanol–water partition coefficient (Wildman–Crippen LogP) is 1.99. The highest BCUT2D eigenvalue weighted by molar-refractivity contribution is 8.00. The Morgan fingerprint density at radius 2 is 2.00 bits per heavy atom. The van der Waals surface area contributed by atoms with Gasteiger partial charge in [0.15, 0.2) is 0 Å². The number of rotatable bonds is 1. The molecule has 0 spiro atoms. The fraction of sp³-hybridized carbons (Fsp3) is 0.583. The molecule has 17 heavy (non-hydrogen) atoms. The Bertz CT molecular complexity index is 444. The second-order valence-corrected chi connectivity index (χ2v) is 6.35. The summed E-state index contributed by atoms with van der Waals surface area (Å²) >= 11 is 1.99. The third-order valence-electron chi connectivity index (χ3n) is 2.66. The summed E-state index contributed by atoms with van der Waals surface area (Å²) in [6, 6.07) is 3.80. The quantitative estimate of drug-likeness (QED) is 0.760. The van der Waals surface area contributed by atoms with Gasteiger partial charge in [0.1, 0.15) is 11.8 Å². The maximum Gasteiger partial charge on any atom is 0.226 e. The first-order valence-electron chi connectivity index (χ1n) is 5.74. The van der Waals surface area contributed by atoms with Gasteiger partial charge in [-0.15, -0.1) is 0 Å². The SMILES string of the molecule is Cc1cc(C#N)nc(N2CC(C)SC(C)C2)n1. The van der Waals surface area contributed by atoms with Crippen LogP contribution in [0.1, 0.15) is 25.2 Å². The minimum atomic E-state index is 0.450. The molecule has 90 valence electrons. The lowest BCUT2D eigenvalue weighted by Gasteiger charge is -2.34. The highest BCUT2D eigenvalue weighted by Crippen LogP contribution is 2.26. The van der Waals surface area contributed by atoms with E-state index in [1.165, 1.54) is 0 Å². The van der Waals surface area contributed by atoms with Gasteiger partial charge in [-0.25, -0.2) is 9.97 Å². The van der Waals surface area contributed by atoms with Crippen molar-refractivity contribution in [3.8, 4) is 6.07 Å². The van der Waals surface area contributed by atoms with E-state index < -0.39 is 0 Å². The lowest BCUT2D eigenvalue weighted by atomic mass is 10.3. The van der Waals surface area contributed by atoms with E-state index in [0.29, 0.717) is 22.1 Å². The lowest BCUT2D eigenvalue weighted by molar-refractivity contribution is 0.704. The fourth-order valence-electron chi connectivity index (χ4n) is 2.09. The van der Waals surface area contributed by atoms with Crippen LogP contribution in [0.4, 0.5) is 5.95 Å². The molecule has 5 heteroatoms. The molecule has 0 amide bonds. The first-order chi connectivity index (χ1) is 8.08. The Morgan fingerprint density at radius 1 is 1.35 bits per heavy atom. The Kier molecular flexibility index (Phi) is 3.53. The predicted molar refractivity (Wildman–Crippen MR) is 70.2 cm³/mol. The Balaban J connectivity index is 2.27. The highest BCUT2D eigenvalue weighted by Gasteiger charge is 2.24. The topological polar surface area (TPSA) is 52.8 Å². The number of hydrogen-bond acceptors (Lipinski definition) is 5. The van der Waals surface area contributed by atoms with Crippen LogP contribution in [-0.4, -0.2) is 33.6 Å². The molecule has 1 aliphatic rings. The van der Waals surface area contributed by atoms with Gasteiger partial charge in [0.05, 0.1) is 0 Å². The average Bonchev–Trinajstić information content (AvgIpc) is 2.26. The molecule has 1 saturated heterocycles. The molecule has 2 atom stereocenters. The summed E-state index contributed by atoms with van der Waals surface area (Å²) in [6.45, 7) is 8.23. The molecule has 4 nitrogen and oxygen atoms in total. The second kappa shape index (κ2) is 4.92. The van der Waals surface area contributed by atoms with Crippen LogP contribution < -0.4 is 4.90 Å². The van der Waals surface area contributed by atoms with Gasteiger partial charge in [-0.1, -0.05) is 13.8 Å². The molecule has 0 radical (unpaired) electrons. The van der Waals surface area contributed by atoms with Gasteiger partial charge in [-0.2, -0.15) is 17.0 Å². The van der Waals surface area contributed by atoms with E-state index in [2.05, 4.69) is 34.8 Å². The van der Waals surface area contributed by atoms with Crippen molar-refractivity contribution in [2.24, 2.45) is 0 Å². The normalized spacial score (nSPS) is 24.5. The van der Waals surface area contributed by atoms with Gasteiger partial charge in [0.2, 0.25) is 5.95 Å². The molecule has 0 aromatic carbocycles. The van der Waals surface area contributed by atoms with Gasteiger partial charge in [-0.05, 0) is 13.0 Å². The van der Waals surface area contributed by atoms with Gasteiger partial charge in [-0.3, -0.25) is 0 Å². The van der Waals surface area contributed by atoms with E-state index in [1.54, 1.807) is 6.07 Å². The van der Waals surface area contributed by atoms with Crippen molar-refractivity contribution in [2.45, 2.75) is 31.3 Å². The maximum atomic E-state index is 8.93. The second-order valence-electron chi connectivity index (χ2n) is 4.47. The summed E-state index contributed by atoms with van der Waals surface area (Å²) in [5, 5.41) is 10.1. The summed E-state index contributed by atoms with van der Waals surface area (Å²) in [5.74, 6) is 0.695. The number of aromatic nitrogens is 2. The maximum absolute atomic E-state index is 8.93. The molecular formula is C12H16N4S. The van der Waals surface area contributed by atoms with Gasteiger partial charge in [0, 0.05) is 29.3 Å². The number of aryl methyl sites for hydroxylation is 1. The molecule has 2 heterocycles. The number of nitriles is 1.